The van der Waals surface area contributed by atoms with Crippen LogP contribution in [-0.2, 0) is 22.6 Å². The SMILES string of the molecule is CC(C)(C)OC(=O)C1Cn2c(=O)c(Br)c(Br)c(=O)n2C1. The molecule has 0 aliphatic carbocycles. The number of halogens is 2. The third-order valence-corrected chi connectivity index (χ3v) is 4.86. The minimum atomic E-state index is -0.594. The van der Waals surface area contributed by atoms with Crippen molar-refractivity contribution in [1.29, 1.82) is 0 Å². The van der Waals surface area contributed by atoms with Crippen LogP contribution >= 0.6 is 31.9 Å². The Balaban J connectivity index is 2.36. The molecule has 0 N–H and O–H groups in total. The molecule has 0 radical (unpaired) electrons. The molecule has 0 bridgehead atoms. The number of nitrogens with zero attached hydrogens (tertiary/aromatic N) is 2. The molecule has 2 heterocycles. The Morgan fingerprint density at radius 3 is 1.85 bits per heavy atom. The first-order valence-corrected chi connectivity index (χ1v) is 7.62. The summed E-state index contributed by atoms with van der Waals surface area (Å²) >= 11 is 6.16. The minimum absolute atomic E-state index is 0.148. The van der Waals surface area contributed by atoms with Crippen molar-refractivity contribution < 1.29 is 9.53 Å². The zero-order chi connectivity index (χ0) is 15.2. The Hall–Kier alpha value is -0.890. The van der Waals surface area contributed by atoms with Gasteiger partial charge in [0, 0.05) is 0 Å². The average Bonchev–Trinajstić information content (AvgIpc) is 2.77. The van der Waals surface area contributed by atoms with E-state index in [0.717, 1.165) is 0 Å². The van der Waals surface area contributed by atoms with Gasteiger partial charge >= 0.3 is 5.97 Å². The van der Waals surface area contributed by atoms with Crippen LogP contribution in [0.4, 0.5) is 0 Å². The van der Waals surface area contributed by atoms with Crippen molar-refractivity contribution in [2.75, 3.05) is 0 Å². The van der Waals surface area contributed by atoms with Crippen LogP contribution in [0.3, 0.4) is 0 Å². The summed E-state index contributed by atoms with van der Waals surface area (Å²) in [5.41, 5.74) is -1.28. The van der Waals surface area contributed by atoms with Crippen LogP contribution in [0.15, 0.2) is 18.5 Å². The molecule has 2 rings (SSSR count). The molecule has 0 saturated carbocycles. The normalized spacial score (nSPS) is 15.2. The lowest BCUT2D eigenvalue weighted by Crippen LogP contribution is -2.35. The summed E-state index contributed by atoms with van der Waals surface area (Å²) in [7, 11) is 0. The minimum Gasteiger partial charge on any atom is -0.460 e. The van der Waals surface area contributed by atoms with E-state index in [9.17, 15) is 14.4 Å². The van der Waals surface area contributed by atoms with Gasteiger partial charge in [0.1, 0.15) is 14.5 Å². The van der Waals surface area contributed by atoms with E-state index in [-0.39, 0.29) is 33.2 Å². The largest absolute Gasteiger partial charge is 0.460 e. The van der Waals surface area contributed by atoms with E-state index in [4.69, 9.17) is 4.74 Å². The molecule has 0 unspecified atom stereocenters. The number of carbonyl (C=O) groups excluding carboxylic acids is 1. The molecule has 20 heavy (non-hydrogen) atoms. The summed E-state index contributed by atoms with van der Waals surface area (Å²) in [5.74, 6) is -0.930. The molecule has 0 aromatic carbocycles. The summed E-state index contributed by atoms with van der Waals surface area (Å²) in [6, 6.07) is 0. The Labute approximate surface area is 132 Å². The smallest absolute Gasteiger partial charge is 0.313 e. The maximum Gasteiger partial charge on any atom is 0.313 e. The van der Waals surface area contributed by atoms with E-state index in [1.54, 1.807) is 20.8 Å². The topological polar surface area (TPSA) is 70.3 Å². The fraction of sp³-hybridized carbons (Fsp3) is 0.583. The Kier molecular flexibility index (Phi) is 3.98. The number of carbonyl (C=O) groups is 1. The molecular weight excluding hydrogens is 396 g/mol. The van der Waals surface area contributed by atoms with Crippen molar-refractivity contribution in [2.45, 2.75) is 39.5 Å². The highest BCUT2D eigenvalue weighted by molar-refractivity contribution is 9.13. The lowest BCUT2D eigenvalue weighted by atomic mass is 10.1. The highest BCUT2D eigenvalue weighted by atomic mass is 79.9. The van der Waals surface area contributed by atoms with Crippen molar-refractivity contribution in [3.8, 4) is 0 Å². The monoisotopic (exact) mass is 408 g/mol. The van der Waals surface area contributed by atoms with Crippen LogP contribution in [0.25, 0.3) is 0 Å². The molecule has 0 saturated heterocycles. The van der Waals surface area contributed by atoms with Crippen LogP contribution in [-0.4, -0.2) is 20.9 Å². The Bertz CT molecular complexity index is 639. The molecular formula is C12H14Br2N2O4. The molecule has 1 aromatic rings. The summed E-state index contributed by atoms with van der Waals surface area (Å²) < 4.78 is 8.18. The van der Waals surface area contributed by atoms with Gasteiger partial charge in [-0.3, -0.25) is 14.4 Å². The third-order valence-electron chi connectivity index (χ3n) is 2.86. The first-order valence-electron chi connectivity index (χ1n) is 6.03. The number of hydrogen-bond acceptors (Lipinski definition) is 4. The Morgan fingerprint density at radius 1 is 1.10 bits per heavy atom. The fourth-order valence-electron chi connectivity index (χ4n) is 2.01. The van der Waals surface area contributed by atoms with E-state index in [1.165, 1.54) is 9.36 Å². The van der Waals surface area contributed by atoms with Crippen molar-refractivity contribution in [1.82, 2.24) is 9.36 Å². The highest BCUT2D eigenvalue weighted by Gasteiger charge is 2.33. The van der Waals surface area contributed by atoms with Gasteiger partial charge in [-0.15, -0.1) is 0 Å². The number of hydrogen-bond donors (Lipinski definition) is 0. The second kappa shape index (κ2) is 5.14. The third kappa shape index (κ3) is 2.76. The zero-order valence-electron chi connectivity index (χ0n) is 11.3. The highest BCUT2D eigenvalue weighted by Crippen LogP contribution is 2.20. The molecule has 1 aliphatic rings. The van der Waals surface area contributed by atoms with Crippen LogP contribution in [0, 0.1) is 5.92 Å². The summed E-state index contributed by atoms with van der Waals surface area (Å²) in [6.45, 7) is 5.62. The molecule has 0 atom stereocenters. The predicted molar refractivity (Wildman–Crippen MR) is 79.7 cm³/mol. The van der Waals surface area contributed by atoms with Crippen molar-refractivity contribution >= 4 is 37.8 Å². The van der Waals surface area contributed by atoms with Gasteiger partial charge in [0.15, 0.2) is 0 Å². The van der Waals surface area contributed by atoms with E-state index < -0.39 is 17.5 Å². The first kappa shape index (κ1) is 15.5. The maximum absolute atomic E-state index is 12.1. The van der Waals surface area contributed by atoms with Crippen LogP contribution in [0.2, 0.25) is 0 Å². The molecule has 8 heteroatoms. The molecule has 1 aliphatic heterocycles. The van der Waals surface area contributed by atoms with Gasteiger partial charge in [-0.25, -0.2) is 9.36 Å². The first-order chi connectivity index (χ1) is 9.11. The summed E-state index contributed by atoms with van der Waals surface area (Å²) in [4.78, 5) is 36.2. The standard InChI is InChI=1S/C12H14Br2N2O4/c1-12(2,3)20-11(19)6-4-15-9(17)7(13)8(14)10(18)16(15)5-6/h6H,4-5H2,1-3H3. The van der Waals surface area contributed by atoms with Crippen LogP contribution in [0.1, 0.15) is 20.8 Å². The van der Waals surface area contributed by atoms with Crippen molar-refractivity contribution in [2.24, 2.45) is 5.92 Å². The molecule has 1 aromatic heterocycles. The summed E-state index contributed by atoms with van der Waals surface area (Å²) in [6.07, 6.45) is 0. The zero-order valence-corrected chi connectivity index (χ0v) is 14.4. The number of rotatable bonds is 1. The second-order valence-electron chi connectivity index (χ2n) is 5.63. The summed E-state index contributed by atoms with van der Waals surface area (Å²) in [5, 5.41) is 0. The van der Waals surface area contributed by atoms with Gasteiger partial charge in [0.05, 0.1) is 19.0 Å². The lowest BCUT2D eigenvalue weighted by Gasteiger charge is -2.21. The fourth-order valence-corrected chi connectivity index (χ4v) is 2.75. The molecule has 6 nitrogen and oxygen atoms in total. The van der Waals surface area contributed by atoms with E-state index in [0.29, 0.717) is 0 Å². The van der Waals surface area contributed by atoms with Gasteiger partial charge < -0.3 is 4.74 Å². The van der Waals surface area contributed by atoms with Crippen molar-refractivity contribution in [3.63, 3.8) is 0 Å². The van der Waals surface area contributed by atoms with E-state index >= 15 is 0 Å². The van der Waals surface area contributed by atoms with Crippen LogP contribution in [0.5, 0.6) is 0 Å². The van der Waals surface area contributed by atoms with Gasteiger partial charge in [0.25, 0.3) is 11.1 Å². The number of aromatic nitrogens is 2. The number of esters is 1. The average molecular weight is 410 g/mol. The maximum atomic E-state index is 12.1. The quantitative estimate of drug-likeness (QED) is 0.659. The van der Waals surface area contributed by atoms with Gasteiger partial charge in [-0.2, -0.15) is 0 Å². The predicted octanol–water partition coefficient (Wildman–Crippen LogP) is 1.51. The van der Waals surface area contributed by atoms with Crippen molar-refractivity contribution in [3.05, 3.63) is 29.7 Å². The second-order valence-corrected chi connectivity index (χ2v) is 7.22. The Morgan fingerprint density at radius 2 is 1.50 bits per heavy atom. The van der Waals surface area contributed by atoms with Gasteiger partial charge in [-0.05, 0) is 52.6 Å². The van der Waals surface area contributed by atoms with Gasteiger partial charge in [-0.1, -0.05) is 0 Å². The molecule has 0 fully saturated rings. The van der Waals surface area contributed by atoms with Crippen LogP contribution < -0.4 is 11.1 Å². The van der Waals surface area contributed by atoms with E-state index in [2.05, 4.69) is 31.9 Å². The van der Waals surface area contributed by atoms with Gasteiger partial charge in [0.2, 0.25) is 0 Å². The molecule has 0 spiro atoms. The number of ether oxygens (including phenoxy) is 1. The lowest BCUT2D eigenvalue weighted by molar-refractivity contribution is -0.160. The molecule has 0 amide bonds. The number of fused-ring (bicyclic) bond motifs is 1. The van der Waals surface area contributed by atoms with E-state index in [1.807, 2.05) is 0 Å². The molecule has 110 valence electrons.